The maximum atomic E-state index is 12.2. The Hall–Kier alpha value is -0.290. The number of hydrogen-bond donors (Lipinski definition) is 2. The van der Waals surface area contributed by atoms with Crippen LogP contribution in [0, 0.1) is 0 Å². The van der Waals surface area contributed by atoms with Crippen molar-refractivity contribution in [3.63, 3.8) is 0 Å². The first-order chi connectivity index (χ1) is 4.68. The predicted octanol–water partition coefficient (Wildman–Crippen LogP) is 0.449. The summed E-state index contributed by atoms with van der Waals surface area (Å²) in [5.41, 5.74) is 3.31. The van der Waals surface area contributed by atoms with Crippen LogP contribution in [-0.4, -0.2) is 28.9 Å². The van der Waals surface area contributed by atoms with E-state index in [1.54, 1.807) is 0 Å². The first-order valence-corrected chi connectivity index (χ1v) is 3.92. The fourth-order valence-corrected chi connectivity index (χ4v) is 1.02. The summed E-state index contributed by atoms with van der Waals surface area (Å²) in [6.45, 7) is 0.472. The number of halogens is 1. The van der Waals surface area contributed by atoms with Crippen LogP contribution in [-0.2, 0) is 4.79 Å². The molecule has 0 aromatic rings. The molecule has 0 spiro atoms. The molecular formula is C5H10FNO2S. The van der Waals surface area contributed by atoms with Gasteiger partial charge in [-0.1, -0.05) is 0 Å². The Balaban J connectivity index is 3.21. The zero-order valence-electron chi connectivity index (χ0n) is 5.42. The number of carboxylic acids is 1. The molecule has 0 saturated carbocycles. The second-order valence-electron chi connectivity index (χ2n) is 1.67. The smallest absolute Gasteiger partial charge is 0.348 e. The number of carbonyl (C=O) groups is 1. The summed E-state index contributed by atoms with van der Waals surface area (Å²) in [6.07, 6.45) is 0.651. The minimum atomic E-state index is -1.80. The Morgan fingerprint density at radius 3 is 2.80 bits per heavy atom. The van der Waals surface area contributed by atoms with Gasteiger partial charge in [0, 0.05) is 0 Å². The quantitative estimate of drug-likeness (QED) is 0.583. The summed E-state index contributed by atoms with van der Waals surface area (Å²) in [6, 6.07) is 0. The Labute approximate surface area is 62.8 Å². The predicted molar refractivity (Wildman–Crippen MR) is 38.7 cm³/mol. The van der Waals surface area contributed by atoms with E-state index in [2.05, 4.69) is 0 Å². The summed E-state index contributed by atoms with van der Waals surface area (Å²) in [4.78, 5) is 9.87. The molecule has 10 heavy (non-hydrogen) atoms. The summed E-state index contributed by atoms with van der Waals surface area (Å²) in [5, 5.41) is 8.05. The van der Waals surface area contributed by atoms with Crippen LogP contribution in [0.15, 0.2) is 0 Å². The van der Waals surface area contributed by atoms with Crippen molar-refractivity contribution in [1.82, 2.24) is 0 Å². The molecule has 60 valence electrons. The van der Waals surface area contributed by atoms with Gasteiger partial charge in [-0.25, -0.2) is 9.18 Å². The van der Waals surface area contributed by atoms with Crippen LogP contribution in [0.25, 0.3) is 0 Å². The van der Waals surface area contributed by atoms with Gasteiger partial charge in [-0.05, 0) is 18.7 Å². The van der Waals surface area contributed by atoms with Crippen LogP contribution in [0.3, 0.4) is 0 Å². The van der Waals surface area contributed by atoms with Crippen LogP contribution >= 0.6 is 11.8 Å². The lowest BCUT2D eigenvalue weighted by atomic mass is 10.5. The molecule has 0 radical (unpaired) electrons. The highest BCUT2D eigenvalue weighted by atomic mass is 32.2. The minimum absolute atomic E-state index is 0.462. The van der Waals surface area contributed by atoms with Crippen LogP contribution in [0.1, 0.15) is 6.42 Å². The summed E-state index contributed by atoms with van der Waals surface area (Å²) < 4.78 is 12.2. The monoisotopic (exact) mass is 167 g/mol. The van der Waals surface area contributed by atoms with Crippen molar-refractivity contribution in [2.45, 2.75) is 11.9 Å². The Morgan fingerprint density at radius 1 is 1.80 bits per heavy atom. The van der Waals surface area contributed by atoms with E-state index in [0.29, 0.717) is 18.7 Å². The van der Waals surface area contributed by atoms with Crippen molar-refractivity contribution in [1.29, 1.82) is 0 Å². The average Bonchev–Trinajstić information content (AvgIpc) is 1.88. The molecule has 0 amide bonds. The van der Waals surface area contributed by atoms with Gasteiger partial charge >= 0.3 is 5.97 Å². The van der Waals surface area contributed by atoms with Gasteiger partial charge < -0.3 is 10.8 Å². The van der Waals surface area contributed by atoms with Gasteiger partial charge in [0.1, 0.15) is 0 Å². The molecular weight excluding hydrogens is 157 g/mol. The van der Waals surface area contributed by atoms with Gasteiger partial charge in [-0.15, -0.1) is 11.8 Å². The largest absolute Gasteiger partial charge is 0.478 e. The van der Waals surface area contributed by atoms with Gasteiger partial charge in [0.05, 0.1) is 0 Å². The molecule has 1 atom stereocenters. The van der Waals surface area contributed by atoms with Crippen molar-refractivity contribution in [3.8, 4) is 0 Å². The molecule has 5 heteroatoms. The van der Waals surface area contributed by atoms with E-state index in [0.717, 1.165) is 11.8 Å². The number of rotatable bonds is 5. The topological polar surface area (TPSA) is 63.3 Å². The third-order valence-electron chi connectivity index (χ3n) is 0.807. The summed E-state index contributed by atoms with van der Waals surface area (Å²) in [5.74, 6) is -0.953. The van der Waals surface area contributed by atoms with Crippen LogP contribution in [0.4, 0.5) is 4.39 Å². The minimum Gasteiger partial charge on any atom is -0.478 e. The lowest BCUT2D eigenvalue weighted by molar-refractivity contribution is -0.139. The highest BCUT2D eigenvalue weighted by Gasteiger charge is 2.14. The number of alkyl halides is 1. The van der Waals surface area contributed by atoms with E-state index in [4.69, 9.17) is 10.8 Å². The molecule has 3 nitrogen and oxygen atoms in total. The summed E-state index contributed by atoms with van der Waals surface area (Å²) in [7, 11) is 0. The number of nitrogens with two attached hydrogens (primary N) is 1. The van der Waals surface area contributed by atoms with Crippen LogP contribution < -0.4 is 5.73 Å². The first-order valence-electron chi connectivity index (χ1n) is 2.87. The molecule has 0 fully saturated rings. The van der Waals surface area contributed by atoms with Gasteiger partial charge in [-0.2, -0.15) is 0 Å². The second kappa shape index (κ2) is 5.49. The van der Waals surface area contributed by atoms with Gasteiger partial charge in [-0.3, -0.25) is 0 Å². The number of thioether (sulfide) groups is 1. The maximum absolute atomic E-state index is 12.2. The van der Waals surface area contributed by atoms with Crippen molar-refractivity contribution in [2.24, 2.45) is 5.73 Å². The molecule has 1 unspecified atom stereocenters. The van der Waals surface area contributed by atoms with Crippen molar-refractivity contribution >= 4 is 17.7 Å². The Morgan fingerprint density at radius 2 is 2.40 bits per heavy atom. The molecule has 3 N–H and O–H groups in total. The zero-order chi connectivity index (χ0) is 7.98. The fourth-order valence-electron chi connectivity index (χ4n) is 0.341. The molecule has 0 aromatic heterocycles. The third-order valence-corrected chi connectivity index (χ3v) is 1.83. The molecule has 0 aliphatic carbocycles. The van der Waals surface area contributed by atoms with Gasteiger partial charge in [0.25, 0.3) is 0 Å². The number of aliphatic carboxylic acids is 1. The van der Waals surface area contributed by atoms with Gasteiger partial charge in [0.15, 0.2) is 0 Å². The fraction of sp³-hybridized carbons (Fsp3) is 0.800. The third kappa shape index (κ3) is 4.58. The molecule has 0 aliphatic heterocycles. The molecule has 0 aliphatic rings. The molecule has 0 bridgehead atoms. The lowest BCUT2D eigenvalue weighted by Crippen LogP contribution is -2.11. The lowest BCUT2D eigenvalue weighted by Gasteiger charge is -1.99. The highest BCUT2D eigenvalue weighted by Crippen LogP contribution is 2.12. The van der Waals surface area contributed by atoms with Crippen molar-refractivity contribution in [2.75, 3.05) is 12.3 Å². The highest BCUT2D eigenvalue weighted by molar-refractivity contribution is 8.00. The maximum Gasteiger partial charge on any atom is 0.348 e. The van der Waals surface area contributed by atoms with E-state index in [9.17, 15) is 9.18 Å². The van der Waals surface area contributed by atoms with E-state index in [1.807, 2.05) is 0 Å². The molecule has 0 rings (SSSR count). The average molecular weight is 167 g/mol. The van der Waals surface area contributed by atoms with Crippen LogP contribution in [0.2, 0.25) is 0 Å². The van der Waals surface area contributed by atoms with Crippen molar-refractivity contribution in [3.05, 3.63) is 0 Å². The first kappa shape index (κ1) is 9.71. The SMILES string of the molecule is NCCCSC(F)C(=O)O. The molecule has 0 saturated heterocycles. The van der Waals surface area contributed by atoms with E-state index in [1.165, 1.54) is 0 Å². The van der Waals surface area contributed by atoms with E-state index >= 15 is 0 Å². The van der Waals surface area contributed by atoms with E-state index in [-0.39, 0.29) is 0 Å². The van der Waals surface area contributed by atoms with E-state index < -0.39 is 11.5 Å². The zero-order valence-corrected chi connectivity index (χ0v) is 6.23. The number of hydrogen-bond acceptors (Lipinski definition) is 3. The Kier molecular flexibility index (Phi) is 5.33. The second-order valence-corrected chi connectivity index (χ2v) is 2.82. The summed E-state index contributed by atoms with van der Waals surface area (Å²) >= 11 is 0.763. The standard InChI is InChI=1S/C5H10FNO2S/c6-4(5(8)9)10-3-1-2-7/h4H,1-3,7H2,(H,8,9). The Bertz CT molecular complexity index is 112. The van der Waals surface area contributed by atoms with Crippen LogP contribution in [0.5, 0.6) is 0 Å². The van der Waals surface area contributed by atoms with Crippen molar-refractivity contribution < 1.29 is 14.3 Å². The number of carboxylic acid groups (broad SMARTS) is 1. The molecule has 0 heterocycles. The normalized spacial score (nSPS) is 13.0. The van der Waals surface area contributed by atoms with Gasteiger partial charge in [0.2, 0.25) is 5.50 Å². The molecule has 0 aromatic carbocycles.